The van der Waals surface area contributed by atoms with Crippen LogP contribution in [0, 0.1) is 0 Å². The van der Waals surface area contributed by atoms with E-state index in [1.54, 1.807) is 31.3 Å². The Kier molecular flexibility index (Phi) is 7.35. The molecule has 0 saturated heterocycles. The summed E-state index contributed by atoms with van der Waals surface area (Å²) in [4.78, 5) is 31.2. The molecule has 138 valence electrons. The number of ether oxygens (including phenoxy) is 2. The number of benzene rings is 1. The second kappa shape index (κ2) is 9.72. The van der Waals surface area contributed by atoms with E-state index >= 15 is 0 Å². The lowest BCUT2D eigenvalue weighted by Gasteiger charge is -2.09. The predicted octanol–water partition coefficient (Wildman–Crippen LogP) is 3.53. The van der Waals surface area contributed by atoms with Gasteiger partial charge in [-0.1, -0.05) is 16.8 Å². The summed E-state index contributed by atoms with van der Waals surface area (Å²) in [5, 5.41) is 4.95. The van der Waals surface area contributed by atoms with Crippen molar-refractivity contribution >= 4 is 40.2 Å². The zero-order valence-corrected chi connectivity index (χ0v) is 15.3. The Morgan fingerprint density at radius 3 is 2.81 bits per heavy atom. The number of halogens is 1. The van der Waals surface area contributed by atoms with Gasteiger partial charge in [-0.15, -0.1) is 0 Å². The molecule has 0 fully saturated rings. The molecule has 2 rings (SSSR count). The average Bonchev–Trinajstić information content (AvgIpc) is 2.63. The molecule has 0 N–H and O–H groups in total. The number of pyridine rings is 1. The maximum Gasteiger partial charge on any atom is 0.344 e. The average molecular weight is 379 g/mol. The van der Waals surface area contributed by atoms with Gasteiger partial charge < -0.3 is 14.3 Å². The lowest BCUT2D eigenvalue weighted by atomic mass is 10.2. The number of carbonyl (C=O) groups is 2. The van der Waals surface area contributed by atoms with E-state index in [0.717, 1.165) is 5.39 Å². The van der Waals surface area contributed by atoms with Crippen LogP contribution >= 0.6 is 11.6 Å². The van der Waals surface area contributed by atoms with Crippen LogP contribution in [-0.2, 0) is 19.2 Å². The third-order valence-corrected chi connectivity index (χ3v) is 3.63. The lowest BCUT2D eigenvalue weighted by molar-refractivity contribution is -0.146. The summed E-state index contributed by atoms with van der Waals surface area (Å²) in [6, 6.07) is 6.96. The Morgan fingerprint density at radius 2 is 2.04 bits per heavy atom. The molecular formula is C18H19ClN2O5. The van der Waals surface area contributed by atoms with Gasteiger partial charge in [-0.25, -0.2) is 9.59 Å². The number of rotatable bonds is 8. The van der Waals surface area contributed by atoms with Crippen LogP contribution in [0.15, 0.2) is 35.6 Å². The summed E-state index contributed by atoms with van der Waals surface area (Å²) in [6.07, 6.45) is 2.74. The fourth-order valence-corrected chi connectivity index (χ4v) is 2.32. The maximum absolute atomic E-state index is 11.8. The zero-order valence-electron chi connectivity index (χ0n) is 14.5. The molecule has 7 nitrogen and oxygen atoms in total. The van der Waals surface area contributed by atoms with Gasteiger partial charge in [0, 0.05) is 18.5 Å². The summed E-state index contributed by atoms with van der Waals surface area (Å²) in [5.74, 6) is -0.498. The monoisotopic (exact) mass is 378 g/mol. The van der Waals surface area contributed by atoms with Gasteiger partial charge in [-0.2, -0.15) is 0 Å². The minimum Gasteiger partial charge on any atom is -0.480 e. The van der Waals surface area contributed by atoms with Gasteiger partial charge in [0.15, 0.2) is 6.61 Å². The van der Waals surface area contributed by atoms with E-state index in [9.17, 15) is 9.59 Å². The van der Waals surface area contributed by atoms with Crippen molar-refractivity contribution in [3.8, 4) is 5.75 Å². The van der Waals surface area contributed by atoms with E-state index < -0.39 is 11.9 Å². The van der Waals surface area contributed by atoms with Gasteiger partial charge in [0.25, 0.3) is 0 Å². The van der Waals surface area contributed by atoms with Crippen LogP contribution in [-0.4, -0.2) is 35.8 Å². The standard InChI is InChI=1S/C18H19ClN2O5/c1-12(21-26-13(2)22)5-4-10-24-17(23)11-25-16-8-7-15(19)14-6-3-9-20-18(14)16/h3,6-9H,4-5,10-11H2,1-2H3. The molecule has 0 atom stereocenters. The van der Waals surface area contributed by atoms with Crippen molar-refractivity contribution in [3.05, 3.63) is 35.5 Å². The molecule has 0 unspecified atom stereocenters. The topological polar surface area (TPSA) is 87.1 Å². The van der Waals surface area contributed by atoms with Crippen molar-refractivity contribution in [1.82, 2.24) is 4.98 Å². The smallest absolute Gasteiger partial charge is 0.344 e. The molecule has 0 saturated carbocycles. The molecule has 26 heavy (non-hydrogen) atoms. The number of hydrogen-bond acceptors (Lipinski definition) is 7. The van der Waals surface area contributed by atoms with E-state index in [0.29, 0.717) is 34.8 Å². The van der Waals surface area contributed by atoms with Gasteiger partial charge in [-0.05, 0) is 44.0 Å². The van der Waals surface area contributed by atoms with Crippen molar-refractivity contribution in [3.63, 3.8) is 0 Å². The molecule has 1 heterocycles. The second-order valence-electron chi connectivity index (χ2n) is 5.47. The second-order valence-corrected chi connectivity index (χ2v) is 5.87. The molecule has 0 aliphatic heterocycles. The van der Waals surface area contributed by atoms with Gasteiger partial charge in [0.05, 0.1) is 17.3 Å². The molecule has 2 aromatic rings. The highest BCUT2D eigenvalue weighted by Crippen LogP contribution is 2.29. The number of hydrogen-bond donors (Lipinski definition) is 0. The zero-order chi connectivity index (χ0) is 18.9. The first-order chi connectivity index (χ1) is 12.5. The van der Waals surface area contributed by atoms with Crippen molar-refractivity contribution in [2.75, 3.05) is 13.2 Å². The molecule has 0 spiro atoms. The normalized spacial score (nSPS) is 11.3. The summed E-state index contributed by atoms with van der Waals surface area (Å²) in [7, 11) is 0. The van der Waals surface area contributed by atoms with Crippen LogP contribution < -0.4 is 4.74 Å². The quantitative estimate of drug-likeness (QED) is 0.229. The van der Waals surface area contributed by atoms with E-state index in [2.05, 4.69) is 15.0 Å². The first kappa shape index (κ1) is 19.7. The number of oxime groups is 1. The third kappa shape index (κ3) is 6.00. The number of carbonyl (C=O) groups excluding carboxylic acids is 2. The van der Waals surface area contributed by atoms with Crippen LogP contribution in [0.1, 0.15) is 26.7 Å². The summed E-state index contributed by atoms with van der Waals surface area (Å²) < 4.78 is 10.6. The van der Waals surface area contributed by atoms with Crippen LogP contribution in [0.3, 0.4) is 0 Å². The van der Waals surface area contributed by atoms with Crippen molar-refractivity contribution in [2.45, 2.75) is 26.7 Å². The Hall–Kier alpha value is -2.67. The number of fused-ring (bicyclic) bond motifs is 1. The third-order valence-electron chi connectivity index (χ3n) is 3.30. The molecule has 0 amide bonds. The number of aromatic nitrogens is 1. The van der Waals surface area contributed by atoms with Crippen LogP contribution in [0.4, 0.5) is 0 Å². The van der Waals surface area contributed by atoms with E-state index in [-0.39, 0.29) is 13.2 Å². The first-order valence-electron chi connectivity index (χ1n) is 8.00. The summed E-state index contributed by atoms with van der Waals surface area (Å²) >= 11 is 6.12. The maximum atomic E-state index is 11.8. The number of nitrogens with zero attached hydrogens (tertiary/aromatic N) is 2. The van der Waals surface area contributed by atoms with E-state index in [4.69, 9.17) is 21.1 Å². The minimum absolute atomic E-state index is 0.217. The Labute approximate surface area is 155 Å². The van der Waals surface area contributed by atoms with Gasteiger partial charge in [0.1, 0.15) is 11.3 Å². The highest BCUT2D eigenvalue weighted by molar-refractivity contribution is 6.35. The Bertz CT molecular complexity index is 822. The Balaban J connectivity index is 1.77. The van der Waals surface area contributed by atoms with Crippen molar-refractivity contribution in [1.29, 1.82) is 0 Å². The van der Waals surface area contributed by atoms with Gasteiger partial charge in [0.2, 0.25) is 0 Å². The molecule has 1 aromatic carbocycles. The fraction of sp³-hybridized carbons (Fsp3) is 0.333. The minimum atomic E-state index is -0.487. The van der Waals surface area contributed by atoms with Crippen molar-refractivity contribution in [2.24, 2.45) is 5.16 Å². The first-order valence-corrected chi connectivity index (χ1v) is 8.38. The molecule has 0 radical (unpaired) electrons. The van der Waals surface area contributed by atoms with Crippen LogP contribution in [0.25, 0.3) is 10.9 Å². The van der Waals surface area contributed by atoms with Crippen molar-refractivity contribution < 1.29 is 23.9 Å². The summed E-state index contributed by atoms with van der Waals surface area (Å²) in [5.41, 5.74) is 1.23. The number of esters is 1. The molecule has 0 bridgehead atoms. The molecule has 1 aromatic heterocycles. The van der Waals surface area contributed by atoms with Gasteiger partial charge >= 0.3 is 11.9 Å². The SMILES string of the molecule is CC(=O)ON=C(C)CCCOC(=O)COc1ccc(Cl)c2cccnc12. The lowest BCUT2D eigenvalue weighted by Crippen LogP contribution is -2.16. The van der Waals surface area contributed by atoms with Crippen LogP contribution in [0.5, 0.6) is 5.75 Å². The van der Waals surface area contributed by atoms with Crippen LogP contribution in [0.2, 0.25) is 5.02 Å². The molecule has 0 aliphatic rings. The molecule has 8 heteroatoms. The Morgan fingerprint density at radius 1 is 1.23 bits per heavy atom. The predicted molar refractivity (Wildman–Crippen MR) is 97.3 cm³/mol. The van der Waals surface area contributed by atoms with Gasteiger partial charge in [-0.3, -0.25) is 4.98 Å². The van der Waals surface area contributed by atoms with E-state index in [1.807, 2.05) is 6.07 Å². The fourth-order valence-electron chi connectivity index (χ4n) is 2.11. The highest BCUT2D eigenvalue weighted by Gasteiger charge is 2.10. The largest absolute Gasteiger partial charge is 0.480 e. The molecular weight excluding hydrogens is 360 g/mol. The highest BCUT2D eigenvalue weighted by atomic mass is 35.5. The van der Waals surface area contributed by atoms with E-state index in [1.165, 1.54) is 6.92 Å². The summed E-state index contributed by atoms with van der Waals surface area (Å²) in [6.45, 7) is 2.99. The molecule has 0 aliphatic carbocycles.